The van der Waals surface area contributed by atoms with E-state index in [0.29, 0.717) is 22.6 Å². The SMILES string of the molecule is C.C.COc1cccc(C(C(N)=O)N(Cc2ccc(C)cc2)C(=O)c2c(C)cc(C)nc2N)c1. The van der Waals surface area contributed by atoms with Crippen molar-refractivity contribution in [2.24, 2.45) is 5.73 Å². The summed E-state index contributed by atoms with van der Waals surface area (Å²) in [7, 11) is 1.54. The number of methoxy groups -OCH3 is 1. The molecule has 182 valence electrons. The third-order valence-electron chi connectivity index (χ3n) is 5.31. The first-order valence-corrected chi connectivity index (χ1v) is 10.2. The summed E-state index contributed by atoms with van der Waals surface area (Å²) in [5.41, 5.74) is 16.1. The van der Waals surface area contributed by atoms with E-state index >= 15 is 0 Å². The van der Waals surface area contributed by atoms with Crippen molar-refractivity contribution in [2.75, 3.05) is 12.8 Å². The van der Waals surface area contributed by atoms with Crippen LogP contribution in [0, 0.1) is 20.8 Å². The van der Waals surface area contributed by atoms with E-state index < -0.39 is 17.9 Å². The zero-order valence-electron chi connectivity index (χ0n) is 18.8. The lowest BCUT2D eigenvalue weighted by molar-refractivity contribution is -0.122. The van der Waals surface area contributed by atoms with Crippen LogP contribution in [0.25, 0.3) is 0 Å². The monoisotopic (exact) mass is 464 g/mol. The van der Waals surface area contributed by atoms with Gasteiger partial charge in [-0.05, 0) is 55.7 Å². The number of rotatable bonds is 7. The number of nitrogens with two attached hydrogens (primary N) is 2. The molecule has 0 aliphatic rings. The van der Waals surface area contributed by atoms with Crippen molar-refractivity contribution in [1.82, 2.24) is 9.88 Å². The van der Waals surface area contributed by atoms with Gasteiger partial charge in [-0.15, -0.1) is 0 Å². The minimum atomic E-state index is -1.03. The molecule has 7 heteroatoms. The normalized spacial score (nSPS) is 10.9. The zero-order chi connectivity index (χ0) is 23.4. The van der Waals surface area contributed by atoms with Crippen LogP contribution in [-0.2, 0) is 11.3 Å². The number of primary amides is 1. The fourth-order valence-corrected chi connectivity index (χ4v) is 3.77. The zero-order valence-corrected chi connectivity index (χ0v) is 18.8. The number of hydrogen-bond acceptors (Lipinski definition) is 5. The Kier molecular flexibility index (Phi) is 9.80. The van der Waals surface area contributed by atoms with Gasteiger partial charge >= 0.3 is 0 Å². The number of hydrogen-bond donors (Lipinski definition) is 2. The molecule has 1 unspecified atom stereocenters. The lowest BCUT2D eigenvalue weighted by Crippen LogP contribution is -2.42. The van der Waals surface area contributed by atoms with Crippen molar-refractivity contribution in [3.05, 3.63) is 88.1 Å². The summed E-state index contributed by atoms with van der Waals surface area (Å²) in [5, 5.41) is 0. The first-order chi connectivity index (χ1) is 15.2. The highest BCUT2D eigenvalue weighted by Crippen LogP contribution is 2.29. The number of aromatic nitrogens is 1. The van der Waals surface area contributed by atoms with Crippen LogP contribution in [0.5, 0.6) is 5.75 Å². The molecule has 3 aromatic rings. The molecule has 0 saturated carbocycles. The van der Waals surface area contributed by atoms with Gasteiger partial charge < -0.3 is 21.1 Å². The van der Waals surface area contributed by atoms with Gasteiger partial charge in [0.05, 0.1) is 12.7 Å². The summed E-state index contributed by atoms with van der Waals surface area (Å²) >= 11 is 0. The third-order valence-corrected chi connectivity index (χ3v) is 5.31. The van der Waals surface area contributed by atoms with Crippen LogP contribution in [-0.4, -0.2) is 28.8 Å². The Hall–Kier alpha value is -3.87. The number of pyridine rings is 1. The number of carbonyl (C=O) groups excluding carboxylic acids is 2. The van der Waals surface area contributed by atoms with Gasteiger partial charge in [-0.2, -0.15) is 0 Å². The van der Waals surface area contributed by atoms with Crippen molar-refractivity contribution in [3.8, 4) is 5.75 Å². The summed E-state index contributed by atoms with van der Waals surface area (Å²) in [6.07, 6.45) is 0. The van der Waals surface area contributed by atoms with Crippen molar-refractivity contribution in [1.29, 1.82) is 0 Å². The molecule has 2 amide bonds. The van der Waals surface area contributed by atoms with E-state index in [1.807, 2.05) is 38.1 Å². The Morgan fingerprint density at radius 3 is 2.24 bits per heavy atom. The fourth-order valence-electron chi connectivity index (χ4n) is 3.77. The summed E-state index contributed by atoms with van der Waals surface area (Å²) in [4.78, 5) is 32.2. The number of anilines is 1. The predicted molar refractivity (Wildman–Crippen MR) is 138 cm³/mol. The van der Waals surface area contributed by atoms with E-state index in [4.69, 9.17) is 16.2 Å². The Balaban J connectivity index is 0.00000289. The lowest BCUT2D eigenvalue weighted by Gasteiger charge is -2.31. The van der Waals surface area contributed by atoms with Crippen molar-refractivity contribution < 1.29 is 14.3 Å². The predicted octanol–water partition coefficient (Wildman–Crippen LogP) is 4.74. The van der Waals surface area contributed by atoms with E-state index in [2.05, 4.69) is 4.98 Å². The second-order valence-electron chi connectivity index (χ2n) is 7.84. The largest absolute Gasteiger partial charge is 0.497 e. The average molecular weight is 465 g/mol. The average Bonchev–Trinajstić information content (AvgIpc) is 2.74. The van der Waals surface area contributed by atoms with Crippen molar-refractivity contribution >= 4 is 17.6 Å². The van der Waals surface area contributed by atoms with E-state index in [9.17, 15) is 9.59 Å². The Bertz CT molecular complexity index is 1120. The van der Waals surface area contributed by atoms with Gasteiger partial charge in [0.1, 0.15) is 17.6 Å². The molecule has 2 aromatic carbocycles. The Morgan fingerprint density at radius 2 is 1.68 bits per heavy atom. The smallest absolute Gasteiger partial charge is 0.259 e. The highest BCUT2D eigenvalue weighted by Gasteiger charge is 2.33. The lowest BCUT2D eigenvalue weighted by atomic mass is 10.00. The maximum Gasteiger partial charge on any atom is 0.259 e. The second kappa shape index (κ2) is 11.8. The molecular formula is C27H36N4O3. The number of nitrogen functional groups attached to an aromatic ring is 1. The van der Waals surface area contributed by atoms with E-state index in [1.54, 1.807) is 37.3 Å². The highest BCUT2D eigenvalue weighted by molar-refractivity contribution is 6.02. The standard InChI is InChI=1S/C25H28N4O3.2CH4/c1-15-8-10-18(11-9-15)14-29(25(31)21-16(2)12-17(3)28-23(21)26)22(24(27)30)19-6-5-7-20(13-19)32-4;;/h5-13,22H,14H2,1-4H3,(H2,26,28)(H2,27,30);2*1H4. The third kappa shape index (κ3) is 6.13. The number of carbonyl (C=O) groups is 2. The highest BCUT2D eigenvalue weighted by atomic mass is 16.5. The van der Waals surface area contributed by atoms with E-state index in [1.165, 1.54) is 12.0 Å². The molecule has 0 aliphatic carbocycles. The van der Waals surface area contributed by atoms with Crippen molar-refractivity contribution in [3.63, 3.8) is 0 Å². The molecule has 7 nitrogen and oxygen atoms in total. The van der Waals surface area contributed by atoms with E-state index in [0.717, 1.165) is 11.1 Å². The molecule has 1 aromatic heterocycles. The molecule has 1 atom stereocenters. The van der Waals surface area contributed by atoms with Gasteiger partial charge in [0, 0.05) is 12.2 Å². The van der Waals surface area contributed by atoms with Gasteiger partial charge in [-0.25, -0.2) is 4.98 Å². The maximum atomic E-state index is 13.8. The summed E-state index contributed by atoms with van der Waals surface area (Å²) in [6.45, 7) is 5.76. The summed E-state index contributed by atoms with van der Waals surface area (Å²) in [5.74, 6) is -0.394. The maximum absolute atomic E-state index is 13.8. The quantitative estimate of drug-likeness (QED) is 0.525. The number of aryl methyl sites for hydroxylation is 3. The van der Waals surface area contributed by atoms with Gasteiger partial charge in [0.15, 0.2) is 0 Å². The van der Waals surface area contributed by atoms with Crippen LogP contribution in [0.3, 0.4) is 0 Å². The topological polar surface area (TPSA) is 112 Å². The van der Waals surface area contributed by atoms with Gasteiger partial charge in [-0.1, -0.05) is 56.8 Å². The molecule has 3 rings (SSSR count). The molecule has 4 N–H and O–H groups in total. The van der Waals surface area contributed by atoms with Crippen LogP contribution >= 0.6 is 0 Å². The number of nitrogens with zero attached hydrogens (tertiary/aromatic N) is 2. The number of ether oxygens (including phenoxy) is 1. The number of amides is 2. The first-order valence-electron chi connectivity index (χ1n) is 10.2. The minimum Gasteiger partial charge on any atom is -0.497 e. The van der Waals surface area contributed by atoms with Gasteiger partial charge in [0.25, 0.3) is 5.91 Å². The molecule has 0 spiro atoms. The van der Waals surface area contributed by atoms with Gasteiger partial charge in [0.2, 0.25) is 5.91 Å². The van der Waals surface area contributed by atoms with E-state index in [-0.39, 0.29) is 32.8 Å². The molecule has 0 fully saturated rings. The minimum absolute atomic E-state index is 0. The molecule has 0 aliphatic heterocycles. The molecular weight excluding hydrogens is 428 g/mol. The molecule has 0 radical (unpaired) electrons. The van der Waals surface area contributed by atoms with Crippen molar-refractivity contribution in [2.45, 2.75) is 48.2 Å². The second-order valence-corrected chi connectivity index (χ2v) is 7.84. The fraction of sp³-hybridized carbons (Fsp3) is 0.296. The molecule has 1 heterocycles. The number of benzene rings is 2. The van der Waals surface area contributed by atoms with Crippen LogP contribution in [0.2, 0.25) is 0 Å². The van der Waals surface area contributed by atoms with Crippen LogP contribution in [0.4, 0.5) is 5.82 Å². The first kappa shape index (κ1) is 28.2. The van der Waals surface area contributed by atoms with Gasteiger partial charge in [-0.3, -0.25) is 9.59 Å². The Morgan fingerprint density at radius 1 is 1.03 bits per heavy atom. The Labute approximate surface area is 202 Å². The van der Waals surface area contributed by atoms with Crippen LogP contribution in [0.1, 0.15) is 59.2 Å². The van der Waals surface area contributed by atoms with Crippen LogP contribution < -0.4 is 16.2 Å². The molecule has 34 heavy (non-hydrogen) atoms. The summed E-state index contributed by atoms with van der Waals surface area (Å²) < 4.78 is 5.31. The van der Waals surface area contributed by atoms with Crippen LogP contribution in [0.15, 0.2) is 54.6 Å². The molecule has 0 bridgehead atoms. The summed E-state index contributed by atoms with van der Waals surface area (Å²) in [6, 6.07) is 15.5. The molecule has 0 saturated heterocycles.